The average Bonchev–Trinajstić information content (AvgIpc) is 3.48. The van der Waals surface area contributed by atoms with Crippen LogP contribution in [0.4, 0.5) is 13.2 Å². The molecular weight excluding hydrogens is 668 g/mol. The van der Waals surface area contributed by atoms with Crippen LogP contribution in [0.5, 0.6) is 5.75 Å². The highest BCUT2D eigenvalue weighted by Gasteiger charge is 2.38. The molecule has 12 nitrogen and oxygen atoms in total. The Balaban J connectivity index is 0.000000698. The van der Waals surface area contributed by atoms with Crippen LogP contribution in [0.3, 0.4) is 0 Å². The Morgan fingerprint density at radius 3 is 2.10 bits per heavy atom. The highest BCUT2D eigenvalue weighted by Crippen LogP contribution is 2.34. The van der Waals surface area contributed by atoms with E-state index in [9.17, 15) is 37.2 Å². The number of rotatable bonds is 11. The van der Waals surface area contributed by atoms with E-state index in [1.54, 1.807) is 49.7 Å². The van der Waals surface area contributed by atoms with E-state index in [4.69, 9.17) is 14.6 Å². The van der Waals surface area contributed by atoms with E-state index in [0.717, 1.165) is 21.9 Å². The van der Waals surface area contributed by atoms with Gasteiger partial charge in [-0.05, 0) is 50.1 Å². The van der Waals surface area contributed by atoms with Crippen LogP contribution in [0, 0.1) is 0 Å². The number of aromatic nitrogens is 2. The molecule has 0 bridgehead atoms. The van der Waals surface area contributed by atoms with Gasteiger partial charge in [-0.1, -0.05) is 36.4 Å². The first-order valence-electron chi connectivity index (χ1n) is 15.0. The zero-order chi connectivity index (χ0) is 36.1. The van der Waals surface area contributed by atoms with Crippen molar-refractivity contribution >= 4 is 47.2 Å². The Labute approximate surface area is 279 Å². The van der Waals surface area contributed by atoms with Crippen LogP contribution in [-0.2, 0) is 40.3 Å². The van der Waals surface area contributed by atoms with Crippen molar-refractivity contribution < 1.29 is 56.4 Å². The van der Waals surface area contributed by atoms with Gasteiger partial charge in [0.25, 0.3) is 23.5 Å². The third-order valence-electron chi connectivity index (χ3n) is 7.62. The second-order valence-electron chi connectivity index (χ2n) is 11.3. The maximum absolute atomic E-state index is 13.1. The molecule has 4 aromatic rings. The molecule has 0 aliphatic carbocycles. The van der Waals surface area contributed by atoms with Crippen molar-refractivity contribution in [2.75, 3.05) is 26.5 Å². The Bertz CT molecular complexity index is 1900. The number of aryl methyl sites for hydroxylation is 1. The highest BCUT2D eigenvalue weighted by atomic mass is 31.2. The van der Waals surface area contributed by atoms with E-state index in [1.807, 2.05) is 46.4 Å². The van der Waals surface area contributed by atoms with Crippen molar-refractivity contribution in [3.63, 3.8) is 0 Å². The van der Waals surface area contributed by atoms with Gasteiger partial charge in [-0.15, -0.1) is 0 Å². The molecule has 2 N–H and O–H groups in total. The number of aliphatic hydroxyl groups is 1. The summed E-state index contributed by atoms with van der Waals surface area (Å²) >= 11 is 0. The average molecular weight is 703 g/mol. The Morgan fingerprint density at radius 1 is 1.00 bits per heavy atom. The molecule has 49 heavy (non-hydrogen) atoms. The van der Waals surface area contributed by atoms with Crippen molar-refractivity contribution in [2.45, 2.75) is 39.3 Å². The molecule has 0 spiro atoms. The highest BCUT2D eigenvalue weighted by molar-refractivity contribution is 7.70. The number of nitrogens with one attached hydrogen (secondary N) is 1. The summed E-state index contributed by atoms with van der Waals surface area (Å²) < 4.78 is 53.4. The number of fused-ring (bicyclic) bond motifs is 2. The number of alkyl halides is 3. The summed E-state index contributed by atoms with van der Waals surface area (Å²) in [6.45, 7) is 6.25. The molecular formula is C33H34F3N4O8P. The summed E-state index contributed by atoms with van der Waals surface area (Å²) in [6, 6.07) is 19.5. The van der Waals surface area contributed by atoms with Crippen molar-refractivity contribution in [3.05, 3.63) is 89.2 Å². The Kier molecular flexibility index (Phi) is 11.3. The van der Waals surface area contributed by atoms with Gasteiger partial charge in [0.1, 0.15) is 32.0 Å². The van der Waals surface area contributed by atoms with Gasteiger partial charge in [-0.25, -0.2) is 9.13 Å². The molecule has 0 saturated heterocycles. The number of amides is 3. The van der Waals surface area contributed by atoms with Crippen LogP contribution in [-0.4, -0.2) is 71.0 Å². The molecule has 0 atom stereocenters. The zero-order valence-electron chi connectivity index (χ0n) is 26.8. The molecule has 3 aromatic carbocycles. The predicted molar refractivity (Wildman–Crippen MR) is 169 cm³/mol. The van der Waals surface area contributed by atoms with E-state index in [0.29, 0.717) is 35.8 Å². The summed E-state index contributed by atoms with van der Waals surface area (Å²) in [6.07, 6.45) is -5.19. The van der Waals surface area contributed by atoms with Crippen LogP contribution >= 0.6 is 7.14 Å². The molecule has 1 aromatic heterocycles. The third-order valence-corrected chi connectivity index (χ3v) is 9.16. The van der Waals surface area contributed by atoms with E-state index in [-0.39, 0.29) is 44.0 Å². The third kappa shape index (κ3) is 8.54. The van der Waals surface area contributed by atoms with Crippen molar-refractivity contribution in [3.8, 4) is 5.75 Å². The first-order chi connectivity index (χ1) is 23.1. The van der Waals surface area contributed by atoms with E-state index >= 15 is 0 Å². The monoisotopic (exact) mass is 702 g/mol. The van der Waals surface area contributed by atoms with Gasteiger partial charge < -0.3 is 29.6 Å². The molecule has 0 radical (unpaired) electrons. The number of aliphatic carboxylic acids is 1. The van der Waals surface area contributed by atoms with Crippen molar-refractivity contribution in [1.82, 2.24) is 14.8 Å². The summed E-state index contributed by atoms with van der Waals surface area (Å²) in [5.74, 6) is -2.83. The van der Waals surface area contributed by atoms with Gasteiger partial charge in [-0.3, -0.25) is 19.3 Å². The number of hydrogen-bond acceptors (Lipinski definition) is 8. The topological polar surface area (TPSA) is 162 Å². The molecule has 0 fully saturated rings. The van der Waals surface area contributed by atoms with E-state index in [2.05, 4.69) is 5.32 Å². The summed E-state index contributed by atoms with van der Waals surface area (Å²) in [7, 11) is -2.33. The zero-order valence-corrected chi connectivity index (χ0v) is 27.7. The molecule has 1 aliphatic heterocycles. The number of hydrogen-bond donors (Lipinski definition) is 2. The number of benzene rings is 3. The van der Waals surface area contributed by atoms with Crippen LogP contribution in [0.2, 0.25) is 0 Å². The SMILES string of the molecule is CC[n+]1c(CN2C(=O)c3ccccc3C2=O)n(CCO)c2cc(OCC(=O)NCc3ccc(P(C)(C)=O)cc3)ccc21.O=C([O-])C(F)(F)F. The van der Waals surface area contributed by atoms with Gasteiger partial charge >= 0.3 is 6.18 Å². The standard InChI is InChI=1S/C31H33N4O6P.C2HF3O2/c1-4-33-26-14-11-22(41-20-28(37)32-18-21-9-12-23(13-10-21)42(2,3)40)17-27(26)34(15-16-36)29(33)19-35-30(38)24-7-5-6-8-25(24)31(35)39;3-2(4,5)1(6)7/h5-14,17,36H,4,15-16,18-20H2,1-3H3;(H,6,7). The van der Waals surface area contributed by atoms with Gasteiger partial charge in [-0.2, -0.15) is 13.2 Å². The molecule has 0 saturated carbocycles. The van der Waals surface area contributed by atoms with Gasteiger partial charge in [0.2, 0.25) is 0 Å². The second kappa shape index (κ2) is 15.0. The van der Waals surface area contributed by atoms with Crippen LogP contribution in [0.1, 0.15) is 39.0 Å². The lowest BCUT2D eigenvalue weighted by Crippen LogP contribution is -2.42. The number of carbonyl (C=O) groups is 4. The van der Waals surface area contributed by atoms with Gasteiger partial charge in [0.15, 0.2) is 17.6 Å². The van der Waals surface area contributed by atoms with Crippen LogP contribution in [0.25, 0.3) is 11.0 Å². The van der Waals surface area contributed by atoms with Crippen molar-refractivity contribution in [1.29, 1.82) is 0 Å². The number of ether oxygens (including phenoxy) is 1. The lowest BCUT2D eigenvalue weighted by Gasteiger charge is -2.13. The fourth-order valence-corrected chi connectivity index (χ4v) is 6.10. The fraction of sp³-hybridized carbons (Fsp3) is 0.303. The molecule has 2 heterocycles. The second-order valence-corrected chi connectivity index (χ2v) is 14.5. The maximum Gasteiger partial charge on any atom is 0.430 e. The number of imidazole rings is 1. The molecule has 1 aliphatic rings. The number of nitrogens with zero attached hydrogens (tertiary/aromatic N) is 3. The fourth-order valence-electron chi connectivity index (χ4n) is 5.23. The van der Waals surface area contributed by atoms with E-state index < -0.39 is 19.3 Å². The first kappa shape index (κ1) is 36.8. The number of carboxylic acids is 1. The molecule has 5 rings (SSSR count). The van der Waals surface area contributed by atoms with Crippen LogP contribution < -0.4 is 25.0 Å². The smallest absolute Gasteiger partial charge is 0.430 e. The summed E-state index contributed by atoms with van der Waals surface area (Å²) in [5, 5.41) is 22.3. The number of aliphatic hydroxyl groups excluding tert-OH is 1. The van der Waals surface area contributed by atoms with Gasteiger partial charge in [0, 0.05) is 17.9 Å². The molecule has 3 amide bonds. The van der Waals surface area contributed by atoms with Gasteiger partial charge in [0.05, 0.1) is 24.3 Å². The number of imide groups is 1. The number of carboxylic acid groups (broad SMARTS) is 1. The Morgan fingerprint density at radius 2 is 1.59 bits per heavy atom. The van der Waals surface area contributed by atoms with Crippen molar-refractivity contribution in [2.24, 2.45) is 0 Å². The first-order valence-corrected chi connectivity index (χ1v) is 17.6. The lowest BCUT2D eigenvalue weighted by molar-refractivity contribution is -0.677. The summed E-state index contributed by atoms with van der Waals surface area (Å²) in [4.78, 5) is 48.7. The molecule has 260 valence electrons. The largest absolute Gasteiger partial charge is 0.542 e. The summed E-state index contributed by atoms with van der Waals surface area (Å²) in [5.41, 5.74) is 3.25. The molecule has 16 heteroatoms. The quantitative estimate of drug-likeness (QED) is 0.136. The maximum atomic E-state index is 13.1. The number of halogens is 3. The minimum atomic E-state index is -5.19. The lowest BCUT2D eigenvalue weighted by atomic mass is 10.1. The minimum Gasteiger partial charge on any atom is -0.542 e. The normalized spacial score (nSPS) is 12.8. The minimum absolute atomic E-state index is 0.0442. The van der Waals surface area contributed by atoms with Crippen LogP contribution in [0.15, 0.2) is 66.7 Å². The van der Waals surface area contributed by atoms with E-state index in [1.165, 1.54) is 4.90 Å². The number of carbonyl (C=O) groups excluding carboxylic acids is 4. The predicted octanol–water partition coefficient (Wildman–Crippen LogP) is 1.98. The molecule has 0 unspecified atom stereocenters. The Hall–Kier alpha value is -5.01.